The van der Waals surface area contributed by atoms with Gasteiger partial charge < -0.3 is 4.98 Å². The minimum atomic E-state index is -0.558. The van der Waals surface area contributed by atoms with Crippen molar-refractivity contribution in [1.82, 2.24) is 15.0 Å². The van der Waals surface area contributed by atoms with E-state index in [0.717, 1.165) is 23.3 Å². The summed E-state index contributed by atoms with van der Waals surface area (Å²) >= 11 is 0. The maximum Gasteiger partial charge on any atom is 0.259 e. The quantitative estimate of drug-likeness (QED) is 0.739. The van der Waals surface area contributed by atoms with E-state index in [1.807, 2.05) is 24.3 Å². The van der Waals surface area contributed by atoms with Gasteiger partial charge in [-0.25, -0.2) is 9.37 Å². The second-order valence-corrected chi connectivity index (χ2v) is 3.95. The van der Waals surface area contributed by atoms with Crippen LogP contribution >= 0.6 is 0 Å². The number of nitrogens with zero attached hydrogens (tertiary/aromatic N) is 2. The lowest BCUT2D eigenvalue weighted by atomic mass is 10.2. The van der Waals surface area contributed by atoms with E-state index in [4.69, 9.17) is 0 Å². The number of para-hydroxylation sites is 2. The monoisotopic (exact) mass is 256 g/mol. The van der Waals surface area contributed by atoms with Crippen molar-refractivity contribution in [1.29, 1.82) is 0 Å². The molecule has 0 fully saturated rings. The van der Waals surface area contributed by atoms with E-state index in [2.05, 4.69) is 20.3 Å². The SMILES string of the molecule is O=C(Nc1nc2ccccc2[nH]1)c1cncc(F)c1. The van der Waals surface area contributed by atoms with Crippen LogP contribution in [-0.4, -0.2) is 20.9 Å². The molecule has 5 nitrogen and oxygen atoms in total. The molecule has 0 saturated heterocycles. The summed E-state index contributed by atoms with van der Waals surface area (Å²) in [5.74, 6) is -0.709. The molecule has 0 spiro atoms. The first kappa shape index (κ1) is 11.3. The van der Waals surface area contributed by atoms with Crippen molar-refractivity contribution in [3.8, 4) is 0 Å². The van der Waals surface area contributed by atoms with Gasteiger partial charge in [0.1, 0.15) is 5.82 Å². The van der Waals surface area contributed by atoms with Gasteiger partial charge in [-0.3, -0.25) is 15.1 Å². The van der Waals surface area contributed by atoms with Gasteiger partial charge in [0, 0.05) is 6.20 Å². The predicted octanol–water partition coefficient (Wildman–Crippen LogP) is 2.35. The lowest BCUT2D eigenvalue weighted by molar-refractivity contribution is 0.102. The summed E-state index contributed by atoms with van der Waals surface area (Å²) in [5.41, 5.74) is 1.70. The Kier molecular flexibility index (Phi) is 2.68. The highest BCUT2D eigenvalue weighted by atomic mass is 19.1. The molecule has 1 aromatic carbocycles. The van der Waals surface area contributed by atoms with Crippen molar-refractivity contribution in [2.45, 2.75) is 0 Å². The highest BCUT2D eigenvalue weighted by Gasteiger charge is 2.10. The number of anilines is 1. The number of H-pyrrole nitrogens is 1. The Hall–Kier alpha value is -2.76. The summed E-state index contributed by atoms with van der Waals surface area (Å²) in [7, 11) is 0. The zero-order valence-electron chi connectivity index (χ0n) is 9.72. The third-order valence-corrected chi connectivity index (χ3v) is 2.59. The van der Waals surface area contributed by atoms with Crippen LogP contribution in [0.2, 0.25) is 0 Å². The molecule has 3 aromatic rings. The fraction of sp³-hybridized carbons (Fsp3) is 0. The summed E-state index contributed by atoms with van der Waals surface area (Å²) in [4.78, 5) is 22.6. The Bertz CT molecular complexity index is 720. The molecule has 0 unspecified atom stereocenters. The van der Waals surface area contributed by atoms with Gasteiger partial charge in [0.25, 0.3) is 5.91 Å². The maximum atomic E-state index is 13.0. The van der Waals surface area contributed by atoms with Crippen LogP contribution in [0.5, 0.6) is 0 Å². The maximum absolute atomic E-state index is 13.0. The number of carbonyl (C=O) groups is 1. The molecule has 0 aliphatic rings. The number of aromatic amines is 1. The number of aromatic nitrogens is 3. The van der Waals surface area contributed by atoms with E-state index in [-0.39, 0.29) is 5.56 Å². The molecular weight excluding hydrogens is 247 g/mol. The Labute approximate surface area is 107 Å². The highest BCUT2D eigenvalue weighted by molar-refractivity contribution is 6.03. The first-order chi connectivity index (χ1) is 9.22. The number of benzene rings is 1. The van der Waals surface area contributed by atoms with Gasteiger partial charge in [0.05, 0.1) is 22.8 Å². The van der Waals surface area contributed by atoms with E-state index >= 15 is 0 Å². The lowest BCUT2D eigenvalue weighted by Gasteiger charge is -2.00. The van der Waals surface area contributed by atoms with Gasteiger partial charge in [-0.1, -0.05) is 12.1 Å². The summed E-state index contributed by atoms with van der Waals surface area (Å²) in [6, 6.07) is 8.51. The van der Waals surface area contributed by atoms with Crippen LogP contribution in [0.25, 0.3) is 11.0 Å². The topological polar surface area (TPSA) is 70.7 Å². The molecule has 2 heterocycles. The van der Waals surface area contributed by atoms with Crippen LogP contribution in [0.3, 0.4) is 0 Å². The molecule has 3 rings (SSSR count). The molecule has 0 saturated carbocycles. The largest absolute Gasteiger partial charge is 0.324 e. The lowest BCUT2D eigenvalue weighted by Crippen LogP contribution is -2.13. The van der Waals surface area contributed by atoms with Crippen LogP contribution in [0.15, 0.2) is 42.7 Å². The third kappa shape index (κ3) is 2.28. The van der Waals surface area contributed by atoms with Gasteiger partial charge >= 0.3 is 0 Å². The zero-order valence-corrected chi connectivity index (χ0v) is 9.72. The summed E-state index contributed by atoms with van der Waals surface area (Å²) in [6.07, 6.45) is 2.33. The third-order valence-electron chi connectivity index (χ3n) is 2.59. The first-order valence-corrected chi connectivity index (χ1v) is 5.59. The molecular formula is C13H9FN4O. The number of rotatable bonds is 2. The Morgan fingerprint density at radius 2 is 2.11 bits per heavy atom. The van der Waals surface area contributed by atoms with Crippen LogP contribution in [0.1, 0.15) is 10.4 Å². The number of imidazole rings is 1. The molecule has 94 valence electrons. The van der Waals surface area contributed by atoms with Gasteiger partial charge in [-0.2, -0.15) is 0 Å². The molecule has 19 heavy (non-hydrogen) atoms. The first-order valence-electron chi connectivity index (χ1n) is 5.59. The van der Waals surface area contributed by atoms with Gasteiger partial charge in [-0.15, -0.1) is 0 Å². The van der Waals surface area contributed by atoms with Crippen molar-refractivity contribution in [2.24, 2.45) is 0 Å². The molecule has 0 atom stereocenters. The van der Waals surface area contributed by atoms with Gasteiger partial charge in [0.15, 0.2) is 0 Å². The summed E-state index contributed by atoms with van der Waals surface area (Å²) in [5, 5.41) is 2.56. The number of hydrogen-bond acceptors (Lipinski definition) is 3. The van der Waals surface area contributed by atoms with E-state index < -0.39 is 11.7 Å². The van der Waals surface area contributed by atoms with Gasteiger partial charge in [-0.05, 0) is 18.2 Å². The number of nitrogens with one attached hydrogen (secondary N) is 2. The van der Waals surface area contributed by atoms with Crippen LogP contribution < -0.4 is 5.32 Å². The number of carbonyl (C=O) groups excluding carboxylic acids is 1. The second-order valence-electron chi connectivity index (χ2n) is 3.95. The van der Waals surface area contributed by atoms with Crippen LogP contribution in [0.4, 0.5) is 10.3 Å². The predicted molar refractivity (Wildman–Crippen MR) is 68.2 cm³/mol. The fourth-order valence-electron chi connectivity index (χ4n) is 1.73. The van der Waals surface area contributed by atoms with Crippen LogP contribution in [0, 0.1) is 5.82 Å². The van der Waals surface area contributed by atoms with Crippen molar-refractivity contribution in [3.63, 3.8) is 0 Å². The van der Waals surface area contributed by atoms with Crippen molar-refractivity contribution < 1.29 is 9.18 Å². The zero-order chi connectivity index (χ0) is 13.2. The Morgan fingerprint density at radius 1 is 1.26 bits per heavy atom. The molecule has 0 bridgehead atoms. The molecule has 2 aromatic heterocycles. The Balaban J connectivity index is 1.86. The average Bonchev–Trinajstić information content (AvgIpc) is 2.80. The number of halogens is 1. The molecule has 0 radical (unpaired) electrons. The molecule has 2 N–H and O–H groups in total. The average molecular weight is 256 g/mol. The van der Waals surface area contributed by atoms with Crippen LogP contribution in [-0.2, 0) is 0 Å². The standard InChI is InChI=1S/C13H9FN4O/c14-9-5-8(6-15-7-9)12(19)18-13-16-10-3-1-2-4-11(10)17-13/h1-7H,(H2,16,17,18,19). The molecule has 6 heteroatoms. The molecule has 0 aliphatic carbocycles. The van der Waals surface area contributed by atoms with Crippen molar-refractivity contribution in [3.05, 3.63) is 54.1 Å². The molecule has 1 amide bonds. The number of amides is 1. The van der Waals surface area contributed by atoms with E-state index in [0.29, 0.717) is 5.95 Å². The Morgan fingerprint density at radius 3 is 2.89 bits per heavy atom. The minimum absolute atomic E-state index is 0.139. The number of fused-ring (bicyclic) bond motifs is 1. The number of hydrogen-bond donors (Lipinski definition) is 2. The van der Waals surface area contributed by atoms with E-state index in [1.165, 1.54) is 6.20 Å². The van der Waals surface area contributed by atoms with Crippen molar-refractivity contribution in [2.75, 3.05) is 5.32 Å². The number of pyridine rings is 1. The highest BCUT2D eigenvalue weighted by Crippen LogP contribution is 2.14. The smallest absolute Gasteiger partial charge is 0.259 e. The fourth-order valence-corrected chi connectivity index (χ4v) is 1.73. The minimum Gasteiger partial charge on any atom is -0.324 e. The van der Waals surface area contributed by atoms with Crippen molar-refractivity contribution >= 4 is 22.9 Å². The van der Waals surface area contributed by atoms with E-state index in [1.54, 1.807) is 0 Å². The van der Waals surface area contributed by atoms with Gasteiger partial charge in [0.2, 0.25) is 5.95 Å². The molecule has 0 aliphatic heterocycles. The second kappa shape index (κ2) is 4.49. The summed E-state index contributed by atoms with van der Waals surface area (Å²) < 4.78 is 13.0. The normalized spacial score (nSPS) is 10.6. The van der Waals surface area contributed by atoms with E-state index in [9.17, 15) is 9.18 Å². The summed E-state index contributed by atoms with van der Waals surface area (Å²) in [6.45, 7) is 0.